The molecule has 3 heterocycles. The molecule has 0 saturated carbocycles. The molecule has 1 fully saturated rings. The van der Waals surface area contributed by atoms with Crippen molar-refractivity contribution in [2.45, 2.75) is 46.6 Å². The lowest BCUT2D eigenvalue weighted by atomic mass is 9.90. The highest BCUT2D eigenvalue weighted by Gasteiger charge is 2.28. The van der Waals surface area contributed by atoms with Crippen LogP contribution in [-0.2, 0) is 13.0 Å². The molecule has 6 nitrogen and oxygen atoms in total. The predicted octanol–water partition coefficient (Wildman–Crippen LogP) is 3.94. The van der Waals surface area contributed by atoms with E-state index in [1.165, 1.54) is 5.56 Å². The van der Waals surface area contributed by atoms with Crippen LogP contribution in [0, 0.1) is 26.7 Å². The van der Waals surface area contributed by atoms with Gasteiger partial charge in [0.1, 0.15) is 5.76 Å². The number of hydrogen-bond donors (Lipinski definition) is 0. The Morgan fingerprint density at radius 3 is 2.52 bits per heavy atom. The fourth-order valence-electron chi connectivity index (χ4n) is 4.17. The molecule has 0 spiro atoms. The molecule has 4 rings (SSSR count). The molecule has 0 radical (unpaired) electrons. The maximum absolute atomic E-state index is 13.2. The van der Waals surface area contributed by atoms with E-state index in [1.807, 2.05) is 42.5 Å². The maximum atomic E-state index is 13.2. The molecule has 0 atom stereocenters. The number of carbonyl (C=O) groups is 1. The number of aromatic nitrogens is 3. The summed E-state index contributed by atoms with van der Waals surface area (Å²) >= 11 is 0. The van der Waals surface area contributed by atoms with E-state index in [-0.39, 0.29) is 5.91 Å². The summed E-state index contributed by atoms with van der Waals surface area (Å²) in [6, 6.07) is 12.6. The number of benzene rings is 1. The van der Waals surface area contributed by atoms with Crippen LogP contribution in [0.2, 0.25) is 0 Å². The summed E-state index contributed by atoms with van der Waals surface area (Å²) in [6.07, 6.45) is 3.11. The summed E-state index contributed by atoms with van der Waals surface area (Å²) in [5, 5.41) is 8.61. The van der Waals surface area contributed by atoms with Crippen LogP contribution in [0.3, 0.4) is 0 Å². The molecule has 3 aromatic rings. The van der Waals surface area contributed by atoms with Gasteiger partial charge in [-0.2, -0.15) is 5.10 Å². The fraction of sp³-hybridized carbons (Fsp3) is 0.435. The van der Waals surface area contributed by atoms with Crippen molar-refractivity contribution < 1.29 is 9.32 Å². The van der Waals surface area contributed by atoms with Crippen molar-refractivity contribution in [2.75, 3.05) is 13.1 Å². The van der Waals surface area contributed by atoms with Crippen LogP contribution in [0.1, 0.15) is 51.6 Å². The second-order valence-electron chi connectivity index (χ2n) is 8.08. The molecule has 1 saturated heterocycles. The van der Waals surface area contributed by atoms with E-state index < -0.39 is 0 Å². The summed E-state index contributed by atoms with van der Waals surface area (Å²) in [5.74, 6) is 1.27. The Morgan fingerprint density at radius 2 is 1.86 bits per heavy atom. The number of amides is 1. The molecule has 1 aliphatic heterocycles. The Labute approximate surface area is 171 Å². The Morgan fingerprint density at radius 1 is 1.14 bits per heavy atom. The van der Waals surface area contributed by atoms with Gasteiger partial charge in [-0.1, -0.05) is 35.5 Å². The van der Waals surface area contributed by atoms with E-state index in [0.717, 1.165) is 49.3 Å². The zero-order valence-corrected chi connectivity index (χ0v) is 17.4. The molecule has 0 N–H and O–H groups in total. The highest BCUT2D eigenvalue weighted by atomic mass is 16.5. The van der Waals surface area contributed by atoms with Gasteiger partial charge in [-0.05, 0) is 57.6 Å². The first-order valence-electron chi connectivity index (χ1n) is 10.3. The van der Waals surface area contributed by atoms with E-state index in [2.05, 4.69) is 34.5 Å². The predicted molar refractivity (Wildman–Crippen MR) is 111 cm³/mol. The van der Waals surface area contributed by atoms with Crippen LogP contribution in [0.15, 0.2) is 40.9 Å². The van der Waals surface area contributed by atoms with Crippen LogP contribution < -0.4 is 0 Å². The minimum atomic E-state index is -0.0310. The van der Waals surface area contributed by atoms with Gasteiger partial charge in [0.05, 0.1) is 12.2 Å². The third kappa shape index (κ3) is 4.26. The van der Waals surface area contributed by atoms with E-state index in [0.29, 0.717) is 23.9 Å². The summed E-state index contributed by atoms with van der Waals surface area (Å²) in [7, 11) is 0. The monoisotopic (exact) mass is 392 g/mol. The maximum Gasteiger partial charge on any atom is 0.276 e. The van der Waals surface area contributed by atoms with Gasteiger partial charge >= 0.3 is 0 Å². The lowest BCUT2D eigenvalue weighted by Crippen LogP contribution is -2.39. The van der Waals surface area contributed by atoms with Crippen LogP contribution in [-0.4, -0.2) is 38.8 Å². The standard InChI is InChI=1S/C23H28N4O2/c1-16-13-17(2)27(24-16)15-21-18(3)29-25-22(21)23(28)26-11-9-20(10-12-26)14-19-7-5-4-6-8-19/h4-8,13,20H,9-12,14-15H2,1-3H3. The molecule has 0 aliphatic carbocycles. The van der Waals surface area contributed by atoms with Gasteiger partial charge in [0.15, 0.2) is 5.69 Å². The summed E-state index contributed by atoms with van der Waals surface area (Å²) in [6.45, 7) is 7.87. The number of aryl methyl sites for hydroxylation is 3. The third-order valence-corrected chi connectivity index (χ3v) is 5.87. The number of rotatable bonds is 5. The van der Waals surface area contributed by atoms with Crippen molar-refractivity contribution in [3.8, 4) is 0 Å². The Balaban J connectivity index is 1.42. The largest absolute Gasteiger partial charge is 0.361 e. The number of hydrogen-bond acceptors (Lipinski definition) is 4. The smallest absolute Gasteiger partial charge is 0.276 e. The van der Waals surface area contributed by atoms with E-state index in [4.69, 9.17) is 4.52 Å². The number of carbonyl (C=O) groups excluding carboxylic acids is 1. The molecule has 0 bridgehead atoms. The van der Waals surface area contributed by atoms with Crippen LogP contribution >= 0.6 is 0 Å². The van der Waals surface area contributed by atoms with Crippen LogP contribution in [0.4, 0.5) is 0 Å². The summed E-state index contributed by atoms with van der Waals surface area (Å²) in [5.41, 5.74) is 4.65. The molecule has 152 valence electrons. The highest BCUT2D eigenvalue weighted by Crippen LogP contribution is 2.24. The van der Waals surface area contributed by atoms with Crippen molar-refractivity contribution in [1.29, 1.82) is 0 Å². The van der Waals surface area contributed by atoms with E-state index >= 15 is 0 Å². The summed E-state index contributed by atoms with van der Waals surface area (Å²) < 4.78 is 7.29. The first kappa shape index (κ1) is 19.4. The Hall–Kier alpha value is -2.89. The molecule has 1 aromatic carbocycles. The number of piperidine rings is 1. The van der Waals surface area contributed by atoms with Gasteiger partial charge in [0.25, 0.3) is 5.91 Å². The SMILES string of the molecule is Cc1cc(C)n(Cc2c(C(=O)N3CCC(Cc4ccccc4)CC3)noc2C)n1. The summed E-state index contributed by atoms with van der Waals surface area (Å²) in [4.78, 5) is 15.1. The lowest BCUT2D eigenvalue weighted by molar-refractivity contribution is 0.0679. The zero-order chi connectivity index (χ0) is 20.4. The van der Waals surface area contributed by atoms with E-state index in [1.54, 1.807) is 0 Å². The van der Waals surface area contributed by atoms with Crippen molar-refractivity contribution in [3.05, 3.63) is 70.4 Å². The zero-order valence-electron chi connectivity index (χ0n) is 17.4. The molecule has 0 unspecified atom stereocenters. The van der Waals surface area contributed by atoms with Gasteiger partial charge in [-0.25, -0.2) is 0 Å². The van der Waals surface area contributed by atoms with Crippen molar-refractivity contribution in [3.63, 3.8) is 0 Å². The average molecular weight is 393 g/mol. The average Bonchev–Trinajstić information content (AvgIpc) is 3.24. The first-order chi connectivity index (χ1) is 14.0. The van der Waals surface area contributed by atoms with Crippen LogP contribution in [0.25, 0.3) is 0 Å². The molecule has 29 heavy (non-hydrogen) atoms. The number of nitrogens with zero attached hydrogens (tertiary/aromatic N) is 4. The molecule has 1 amide bonds. The second kappa shape index (κ2) is 8.23. The van der Waals surface area contributed by atoms with Crippen molar-refractivity contribution in [2.24, 2.45) is 5.92 Å². The highest BCUT2D eigenvalue weighted by molar-refractivity contribution is 5.93. The van der Waals surface area contributed by atoms with Gasteiger partial charge < -0.3 is 9.42 Å². The molecule has 1 aliphatic rings. The fourth-order valence-corrected chi connectivity index (χ4v) is 4.17. The van der Waals surface area contributed by atoms with E-state index in [9.17, 15) is 4.79 Å². The second-order valence-corrected chi connectivity index (χ2v) is 8.08. The third-order valence-electron chi connectivity index (χ3n) is 5.87. The quantitative estimate of drug-likeness (QED) is 0.660. The number of likely N-dealkylation sites (tertiary alicyclic amines) is 1. The molecular weight excluding hydrogens is 364 g/mol. The Kier molecular flexibility index (Phi) is 5.51. The topological polar surface area (TPSA) is 64.2 Å². The lowest BCUT2D eigenvalue weighted by Gasteiger charge is -2.31. The van der Waals surface area contributed by atoms with Crippen LogP contribution in [0.5, 0.6) is 0 Å². The molecule has 6 heteroatoms. The van der Waals surface area contributed by atoms with Crippen molar-refractivity contribution in [1.82, 2.24) is 19.8 Å². The normalized spacial score (nSPS) is 15.1. The van der Waals surface area contributed by atoms with Gasteiger partial charge in [0.2, 0.25) is 0 Å². The van der Waals surface area contributed by atoms with Gasteiger partial charge in [0, 0.05) is 24.3 Å². The van der Waals surface area contributed by atoms with Gasteiger partial charge in [-0.3, -0.25) is 9.48 Å². The minimum absolute atomic E-state index is 0.0310. The Bertz CT molecular complexity index is 982. The van der Waals surface area contributed by atoms with Gasteiger partial charge in [-0.15, -0.1) is 0 Å². The molecule has 2 aromatic heterocycles. The first-order valence-corrected chi connectivity index (χ1v) is 10.3. The molecular formula is C23H28N4O2. The minimum Gasteiger partial charge on any atom is -0.361 e. The van der Waals surface area contributed by atoms with Crippen molar-refractivity contribution >= 4 is 5.91 Å².